The zero-order valence-electron chi connectivity index (χ0n) is 14.4. The van der Waals surface area contributed by atoms with Crippen LogP contribution in [0.25, 0.3) is 0 Å². The standard InChI is InChI=1S/C21H22O3/c1-13-6-4-9-19(14(13)2)21(23)24-15(3)20(22)18-11-10-16-7-5-8-17(16)12-18/h4,6,9-12,15H,5,7-8H2,1-3H3/t15-/m0/s1. The van der Waals surface area contributed by atoms with Gasteiger partial charge in [0.2, 0.25) is 5.78 Å². The Hall–Kier alpha value is -2.42. The molecule has 2 aromatic carbocycles. The molecule has 0 amide bonds. The van der Waals surface area contributed by atoms with Gasteiger partial charge in [-0.25, -0.2) is 4.79 Å². The molecule has 3 heteroatoms. The van der Waals surface area contributed by atoms with E-state index in [0.29, 0.717) is 11.1 Å². The van der Waals surface area contributed by atoms with Crippen LogP contribution in [0.3, 0.4) is 0 Å². The van der Waals surface area contributed by atoms with Crippen molar-refractivity contribution in [3.63, 3.8) is 0 Å². The molecule has 0 radical (unpaired) electrons. The number of carbonyl (C=O) groups excluding carboxylic acids is 2. The van der Waals surface area contributed by atoms with Crippen molar-refractivity contribution in [1.29, 1.82) is 0 Å². The SMILES string of the molecule is Cc1cccc(C(=O)O[C@@H](C)C(=O)c2ccc3c(c2)CCC3)c1C. The third-order valence-corrected chi connectivity index (χ3v) is 4.86. The van der Waals surface area contributed by atoms with Crippen molar-refractivity contribution in [2.45, 2.75) is 46.1 Å². The van der Waals surface area contributed by atoms with Crippen LogP contribution in [-0.2, 0) is 17.6 Å². The van der Waals surface area contributed by atoms with E-state index in [2.05, 4.69) is 0 Å². The molecule has 124 valence electrons. The maximum Gasteiger partial charge on any atom is 0.339 e. The number of Topliss-reactive ketones (excluding diaryl/α,β-unsaturated/α-hetero) is 1. The second kappa shape index (κ2) is 6.60. The topological polar surface area (TPSA) is 43.4 Å². The highest BCUT2D eigenvalue weighted by Crippen LogP contribution is 2.24. The van der Waals surface area contributed by atoms with E-state index in [-0.39, 0.29) is 5.78 Å². The average molecular weight is 322 g/mol. The molecule has 0 spiro atoms. The van der Waals surface area contributed by atoms with E-state index in [1.54, 1.807) is 13.0 Å². The van der Waals surface area contributed by atoms with Gasteiger partial charge in [-0.1, -0.05) is 24.3 Å². The minimum absolute atomic E-state index is 0.150. The molecular formula is C21H22O3. The number of esters is 1. The molecule has 0 aromatic heterocycles. The second-order valence-electron chi connectivity index (χ2n) is 6.50. The number of ether oxygens (including phenoxy) is 1. The van der Waals surface area contributed by atoms with Crippen LogP contribution in [0, 0.1) is 13.8 Å². The quantitative estimate of drug-likeness (QED) is 0.625. The Labute approximate surface area is 142 Å². The number of hydrogen-bond donors (Lipinski definition) is 0. The van der Waals surface area contributed by atoms with Crippen LogP contribution in [0.2, 0.25) is 0 Å². The molecular weight excluding hydrogens is 300 g/mol. The third kappa shape index (κ3) is 3.12. The van der Waals surface area contributed by atoms with Gasteiger partial charge in [-0.2, -0.15) is 0 Å². The maximum absolute atomic E-state index is 12.6. The van der Waals surface area contributed by atoms with E-state index < -0.39 is 12.1 Å². The molecule has 0 heterocycles. The van der Waals surface area contributed by atoms with Crippen molar-refractivity contribution in [1.82, 2.24) is 0 Å². The van der Waals surface area contributed by atoms with Gasteiger partial charge in [-0.05, 0) is 74.4 Å². The van der Waals surface area contributed by atoms with Crippen molar-refractivity contribution in [2.75, 3.05) is 0 Å². The molecule has 2 aromatic rings. The predicted octanol–water partition coefficient (Wildman–Crippen LogP) is 4.22. The zero-order chi connectivity index (χ0) is 17.3. The van der Waals surface area contributed by atoms with Gasteiger partial charge in [0.15, 0.2) is 6.10 Å². The summed E-state index contributed by atoms with van der Waals surface area (Å²) in [4.78, 5) is 25.0. The molecule has 3 rings (SSSR count). The van der Waals surface area contributed by atoms with Crippen molar-refractivity contribution >= 4 is 11.8 Å². The molecule has 0 N–H and O–H groups in total. The fraction of sp³-hybridized carbons (Fsp3) is 0.333. The molecule has 0 aliphatic heterocycles. The van der Waals surface area contributed by atoms with E-state index in [1.165, 1.54) is 11.1 Å². The van der Waals surface area contributed by atoms with Gasteiger partial charge < -0.3 is 4.74 Å². The molecule has 0 saturated carbocycles. The molecule has 0 fully saturated rings. The summed E-state index contributed by atoms with van der Waals surface area (Å²) >= 11 is 0. The summed E-state index contributed by atoms with van der Waals surface area (Å²) in [6, 6.07) is 11.3. The Morgan fingerprint density at radius 1 is 1.04 bits per heavy atom. The van der Waals surface area contributed by atoms with Crippen molar-refractivity contribution in [3.05, 3.63) is 69.8 Å². The Kier molecular flexibility index (Phi) is 4.52. The zero-order valence-corrected chi connectivity index (χ0v) is 14.4. The summed E-state index contributed by atoms with van der Waals surface area (Å²) in [5.74, 6) is -0.596. The lowest BCUT2D eigenvalue weighted by Crippen LogP contribution is -2.25. The van der Waals surface area contributed by atoms with Gasteiger partial charge in [0, 0.05) is 5.56 Å². The van der Waals surface area contributed by atoms with E-state index >= 15 is 0 Å². The summed E-state index contributed by atoms with van der Waals surface area (Å²) in [6.07, 6.45) is 2.45. The first-order valence-electron chi connectivity index (χ1n) is 8.40. The van der Waals surface area contributed by atoms with Gasteiger partial charge in [0.1, 0.15) is 0 Å². The van der Waals surface area contributed by atoms with Crippen LogP contribution < -0.4 is 0 Å². The molecule has 0 unspecified atom stereocenters. The minimum atomic E-state index is -0.795. The first kappa shape index (κ1) is 16.4. The van der Waals surface area contributed by atoms with E-state index in [0.717, 1.165) is 30.4 Å². The Balaban J connectivity index is 1.74. The normalized spacial score (nSPS) is 14.1. The highest BCUT2D eigenvalue weighted by atomic mass is 16.5. The van der Waals surface area contributed by atoms with E-state index in [9.17, 15) is 9.59 Å². The number of hydrogen-bond acceptors (Lipinski definition) is 3. The van der Waals surface area contributed by atoms with Gasteiger partial charge >= 0.3 is 5.97 Å². The van der Waals surface area contributed by atoms with Crippen LogP contribution in [0.5, 0.6) is 0 Å². The van der Waals surface area contributed by atoms with Crippen LogP contribution in [0.4, 0.5) is 0 Å². The smallest absolute Gasteiger partial charge is 0.339 e. The third-order valence-electron chi connectivity index (χ3n) is 4.86. The molecule has 1 atom stereocenters. The van der Waals surface area contributed by atoms with Gasteiger partial charge in [0.05, 0.1) is 5.56 Å². The average Bonchev–Trinajstić information content (AvgIpc) is 3.04. The molecule has 0 saturated heterocycles. The van der Waals surface area contributed by atoms with Crippen LogP contribution in [-0.4, -0.2) is 17.9 Å². The minimum Gasteiger partial charge on any atom is -0.451 e. The molecule has 24 heavy (non-hydrogen) atoms. The summed E-state index contributed by atoms with van der Waals surface area (Å²) in [5.41, 5.74) is 5.63. The Bertz CT molecular complexity index is 805. The first-order chi connectivity index (χ1) is 11.5. The van der Waals surface area contributed by atoms with E-state index in [4.69, 9.17) is 4.74 Å². The van der Waals surface area contributed by atoms with Crippen molar-refractivity contribution < 1.29 is 14.3 Å². The number of fused-ring (bicyclic) bond motifs is 1. The van der Waals surface area contributed by atoms with Gasteiger partial charge in [0.25, 0.3) is 0 Å². The van der Waals surface area contributed by atoms with Crippen LogP contribution in [0.15, 0.2) is 36.4 Å². The predicted molar refractivity (Wildman–Crippen MR) is 93.6 cm³/mol. The number of ketones is 1. The Morgan fingerprint density at radius 2 is 1.79 bits per heavy atom. The Morgan fingerprint density at radius 3 is 2.58 bits per heavy atom. The lowest BCUT2D eigenvalue weighted by atomic mass is 10.0. The number of rotatable bonds is 4. The molecule has 0 bridgehead atoms. The monoisotopic (exact) mass is 322 g/mol. The lowest BCUT2D eigenvalue weighted by Gasteiger charge is -2.14. The number of aryl methyl sites for hydroxylation is 3. The lowest BCUT2D eigenvalue weighted by molar-refractivity contribution is 0.0318. The largest absolute Gasteiger partial charge is 0.451 e. The maximum atomic E-state index is 12.6. The summed E-state index contributed by atoms with van der Waals surface area (Å²) < 4.78 is 5.42. The molecule has 3 nitrogen and oxygen atoms in total. The fourth-order valence-corrected chi connectivity index (χ4v) is 3.21. The van der Waals surface area contributed by atoms with Crippen molar-refractivity contribution in [2.24, 2.45) is 0 Å². The number of benzene rings is 2. The first-order valence-corrected chi connectivity index (χ1v) is 8.40. The molecule has 1 aliphatic carbocycles. The number of carbonyl (C=O) groups is 2. The second-order valence-corrected chi connectivity index (χ2v) is 6.50. The summed E-state index contributed by atoms with van der Waals surface area (Å²) in [6.45, 7) is 5.47. The highest BCUT2D eigenvalue weighted by molar-refractivity contribution is 6.01. The van der Waals surface area contributed by atoms with Crippen LogP contribution >= 0.6 is 0 Å². The van der Waals surface area contributed by atoms with Gasteiger partial charge in [-0.3, -0.25) is 4.79 Å². The van der Waals surface area contributed by atoms with Crippen LogP contribution in [0.1, 0.15) is 56.3 Å². The van der Waals surface area contributed by atoms with E-state index in [1.807, 2.05) is 44.2 Å². The summed E-state index contributed by atoms with van der Waals surface area (Å²) in [5, 5.41) is 0. The van der Waals surface area contributed by atoms with Crippen molar-refractivity contribution in [3.8, 4) is 0 Å². The highest BCUT2D eigenvalue weighted by Gasteiger charge is 2.23. The fourth-order valence-electron chi connectivity index (χ4n) is 3.21. The molecule has 1 aliphatic rings. The van der Waals surface area contributed by atoms with Gasteiger partial charge in [-0.15, -0.1) is 0 Å². The summed E-state index contributed by atoms with van der Waals surface area (Å²) in [7, 11) is 0.